The summed E-state index contributed by atoms with van der Waals surface area (Å²) >= 11 is 0. The number of amidine groups is 1. The van der Waals surface area contributed by atoms with Crippen molar-refractivity contribution in [3.63, 3.8) is 0 Å². The van der Waals surface area contributed by atoms with E-state index in [0.717, 1.165) is 17.9 Å². The second kappa shape index (κ2) is 5.39. The largest absolute Gasteiger partial charge is 0.388 e. The van der Waals surface area contributed by atoms with Gasteiger partial charge in [-0.15, -0.1) is 0 Å². The minimum atomic E-state index is 0.189. The molecular weight excluding hydrogens is 228 g/mol. The Hall–Kier alpha value is -2.24. The van der Waals surface area contributed by atoms with E-state index in [9.17, 15) is 0 Å². The summed E-state index contributed by atoms with van der Waals surface area (Å²) in [4.78, 5) is 14.9. The van der Waals surface area contributed by atoms with Crippen molar-refractivity contribution in [2.24, 2.45) is 5.73 Å². The Balaban J connectivity index is 2.24. The van der Waals surface area contributed by atoms with Crippen LogP contribution in [0.4, 0.5) is 5.82 Å². The minimum absolute atomic E-state index is 0.189. The van der Waals surface area contributed by atoms with Crippen LogP contribution in [0.25, 0.3) is 11.2 Å². The van der Waals surface area contributed by atoms with Gasteiger partial charge in [0.05, 0.1) is 5.84 Å². The number of fused-ring (bicyclic) bond motifs is 1. The van der Waals surface area contributed by atoms with E-state index >= 15 is 0 Å². The molecule has 0 radical (unpaired) electrons. The summed E-state index contributed by atoms with van der Waals surface area (Å²) in [5, 5.41) is 7.26. The standard InChI is InChI=1S/C12H16N6/c1-2-18(8-5-10(13)14)11-4-3-9-12(17-11)16-7-6-15-9/h3-4,6-7H,2,5,8H2,1H3,(H3,13,14). The third kappa shape index (κ3) is 2.71. The molecule has 0 unspecified atom stereocenters. The summed E-state index contributed by atoms with van der Waals surface area (Å²) < 4.78 is 0. The predicted octanol–water partition coefficient (Wildman–Crippen LogP) is 1.18. The van der Waals surface area contributed by atoms with Crippen molar-refractivity contribution in [1.29, 1.82) is 5.41 Å². The third-order valence-corrected chi connectivity index (χ3v) is 2.67. The van der Waals surface area contributed by atoms with Crippen LogP contribution in [0.15, 0.2) is 24.5 Å². The maximum absolute atomic E-state index is 7.26. The fourth-order valence-electron chi connectivity index (χ4n) is 1.71. The highest BCUT2D eigenvalue weighted by atomic mass is 15.2. The molecule has 94 valence electrons. The van der Waals surface area contributed by atoms with Crippen molar-refractivity contribution < 1.29 is 0 Å². The van der Waals surface area contributed by atoms with E-state index in [2.05, 4.69) is 19.9 Å². The Morgan fingerprint density at radius 2 is 2.11 bits per heavy atom. The molecule has 0 saturated carbocycles. The maximum atomic E-state index is 7.26. The van der Waals surface area contributed by atoms with Crippen LogP contribution >= 0.6 is 0 Å². The first-order valence-corrected chi connectivity index (χ1v) is 5.86. The number of nitrogens with zero attached hydrogens (tertiary/aromatic N) is 4. The number of nitrogens with one attached hydrogen (secondary N) is 1. The summed E-state index contributed by atoms with van der Waals surface area (Å²) in [5.41, 5.74) is 6.79. The van der Waals surface area contributed by atoms with Crippen LogP contribution in [0, 0.1) is 5.41 Å². The summed E-state index contributed by atoms with van der Waals surface area (Å²) in [5.74, 6) is 1.03. The number of anilines is 1. The molecule has 0 bridgehead atoms. The van der Waals surface area contributed by atoms with Gasteiger partial charge in [-0.2, -0.15) is 0 Å². The number of pyridine rings is 1. The van der Waals surface area contributed by atoms with Crippen LogP contribution in [0.1, 0.15) is 13.3 Å². The molecule has 0 aromatic carbocycles. The van der Waals surface area contributed by atoms with Gasteiger partial charge in [-0.25, -0.2) is 9.97 Å². The van der Waals surface area contributed by atoms with Gasteiger partial charge in [-0.3, -0.25) is 10.4 Å². The normalized spacial score (nSPS) is 10.5. The Bertz CT molecular complexity index is 553. The molecular formula is C12H16N6. The molecule has 6 heteroatoms. The average molecular weight is 244 g/mol. The fourth-order valence-corrected chi connectivity index (χ4v) is 1.71. The number of hydrogen-bond donors (Lipinski definition) is 2. The molecule has 2 heterocycles. The molecule has 18 heavy (non-hydrogen) atoms. The Labute approximate surface area is 105 Å². The molecule has 0 aliphatic carbocycles. The first-order valence-electron chi connectivity index (χ1n) is 5.86. The van der Waals surface area contributed by atoms with Crippen LogP contribution in [0.2, 0.25) is 0 Å². The lowest BCUT2D eigenvalue weighted by Crippen LogP contribution is -2.28. The molecule has 0 atom stereocenters. The molecule has 0 spiro atoms. The molecule has 0 amide bonds. The molecule has 0 saturated heterocycles. The van der Waals surface area contributed by atoms with Gasteiger partial charge in [0.1, 0.15) is 11.3 Å². The topological polar surface area (TPSA) is 91.8 Å². The van der Waals surface area contributed by atoms with Crippen molar-refractivity contribution in [2.75, 3.05) is 18.0 Å². The van der Waals surface area contributed by atoms with E-state index in [4.69, 9.17) is 11.1 Å². The monoisotopic (exact) mass is 244 g/mol. The van der Waals surface area contributed by atoms with E-state index in [-0.39, 0.29) is 5.84 Å². The first-order chi connectivity index (χ1) is 8.70. The highest BCUT2D eigenvalue weighted by Crippen LogP contribution is 2.14. The summed E-state index contributed by atoms with van der Waals surface area (Å²) in [6.45, 7) is 3.54. The van der Waals surface area contributed by atoms with E-state index in [0.29, 0.717) is 18.6 Å². The summed E-state index contributed by atoms with van der Waals surface area (Å²) in [7, 11) is 0. The first kappa shape index (κ1) is 12.2. The molecule has 2 aromatic rings. The number of aromatic nitrogens is 3. The van der Waals surface area contributed by atoms with Gasteiger partial charge < -0.3 is 10.6 Å². The summed E-state index contributed by atoms with van der Waals surface area (Å²) in [6.07, 6.45) is 3.82. The van der Waals surface area contributed by atoms with Crippen molar-refractivity contribution in [3.8, 4) is 0 Å². The molecule has 0 aliphatic rings. The van der Waals surface area contributed by atoms with Gasteiger partial charge in [-0.05, 0) is 19.1 Å². The second-order valence-electron chi connectivity index (χ2n) is 3.92. The molecule has 0 fully saturated rings. The Morgan fingerprint density at radius 1 is 1.33 bits per heavy atom. The molecule has 6 nitrogen and oxygen atoms in total. The van der Waals surface area contributed by atoms with Crippen molar-refractivity contribution >= 4 is 22.8 Å². The zero-order valence-electron chi connectivity index (χ0n) is 10.3. The predicted molar refractivity (Wildman–Crippen MR) is 71.8 cm³/mol. The van der Waals surface area contributed by atoms with Gasteiger partial charge >= 0.3 is 0 Å². The number of nitrogens with two attached hydrogens (primary N) is 1. The highest BCUT2D eigenvalue weighted by Gasteiger charge is 2.07. The SMILES string of the molecule is CCN(CCC(=N)N)c1ccc2nccnc2n1. The van der Waals surface area contributed by atoms with Crippen molar-refractivity contribution in [3.05, 3.63) is 24.5 Å². The van der Waals surface area contributed by atoms with Crippen LogP contribution in [0.5, 0.6) is 0 Å². The van der Waals surface area contributed by atoms with Gasteiger partial charge in [0.2, 0.25) is 0 Å². The van der Waals surface area contributed by atoms with Gasteiger partial charge in [0.15, 0.2) is 5.65 Å². The fraction of sp³-hybridized carbons (Fsp3) is 0.333. The van der Waals surface area contributed by atoms with Crippen LogP contribution < -0.4 is 10.6 Å². The highest BCUT2D eigenvalue weighted by molar-refractivity contribution is 5.77. The van der Waals surface area contributed by atoms with E-state index in [1.807, 2.05) is 19.1 Å². The Morgan fingerprint density at radius 3 is 2.83 bits per heavy atom. The molecule has 3 N–H and O–H groups in total. The number of rotatable bonds is 5. The van der Waals surface area contributed by atoms with E-state index in [1.54, 1.807) is 12.4 Å². The van der Waals surface area contributed by atoms with Gasteiger partial charge in [0.25, 0.3) is 0 Å². The lowest BCUT2D eigenvalue weighted by molar-refractivity contribution is 0.816. The molecule has 0 aliphatic heterocycles. The lowest BCUT2D eigenvalue weighted by Gasteiger charge is -2.21. The number of hydrogen-bond acceptors (Lipinski definition) is 5. The van der Waals surface area contributed by atoms with E-state index < -0.39 is 0 Å². The van der Waals surface area contributed by atoms with Crippen molar-refractivity contribution in [2.45, 2.75) is 13.3 Å². The van der Waals surface area contributed by atoms with Crippen LogP contribution in [-0.4, -0.2) is 33.9 Å². The maximum Gasteiger partial charge on any atom is 0.180 e. The van der Waals surface area contributed by atoms with E-state index in [1.165, 1.54) is 0 Å². The van der Waals surface area contributed by atoms with Gasteiger partial charge in [-0.1, -0.05) is 0 Å². The average Bonchev–Trinajstić information content (AvgIpc) is 2.39. The Kier molecular flexibility index (Phi) is 3.66. The zero-order chi connectivity index (χ0) is 13.0. The van der Waals surface area contributed by atoms with Crippen molar-refractivity contribution in [1.82, 2.24) is 15.0 Å². The summed E-state index contributed by atoms with van der Waals surface area (Å²) in [6, 6.07) is 3.82. The quantitative estimate of drug-likeness (QED) is 0.608. The van der Waals surface area contributed by atoms with Gasteiger partial charge in [0, 0.05) is 31.9 Å². The third-order valence-electron chi connectivity index (χ3n) is 2.67. The lowest BCUT2D eigenvalue weighted by atomic mass is 10.3. The zero-order valence-corrected chi connectivity index (χ0v) is 10.3. The smallest absolute Gasteiger partial charge is 0.180 e. The minimum Gasteiger partial charge on any atom is -0.388 e. The second-order valence-corrected chi connectivity index (χ2v) is 3.92. The molecule has 2 aromatic heterocycles. The molecule has 2 rings (SSSR count). The van der Waals surface area contributed by atoms with Crippen LogP contribution in [0.3, 0.4) is 0 Å². The van der Waals surface area contributed by atoms with Crippen LogP contribution in [-0.2, 0) is 0 Å².